The monoisotopic (exact) mass is 400 g/mol. The fraction of sp³-hybridized carbons (Fsp3) is 0.154. The van der Waals surface area contributed by atoms with E-state index in [2.05, 4.69) is 20.7 Å². The van der Waals surface area contributed by atoms with E-state index >= 15 is 0 Å². The average Bonchev–Trinajstić information content (AvgIpc) is 2.88. The maximum Gasteiger partial charge on any atom is 0.290 e. The number of aromatic amines is 1. The molecular formula is C13H13IN4O3. The van der Waals surface area contributed by atoms with Gasteiger partial charge in [0.05, 0.1) is 22.6 Å². The fourth-order valence-electron chi connectivity index (χ4n) is 1.54. The number of benzene rings is 1. The minimum Gasteiger partial charge on any atom is -0.507 e. The summed E-state index contributed by atoms with van der Waals surface area (Å²) in [6.45, 7) is 2.38. The third-order valence-electron chi connectivity index (χ3n) is 2.50. The van der Waals surface area contributed by atoms with E-state index in [1.54, 1.807) is 12.1 Å². The number of carbonyl (C=O) groups is 1. The SMILES string of the molecule is CCOc1ccc(/C=N/NC(=O)c2[nH]ncc2I)c(O)c1. The van der Waals surface area contributed by atoms with E-state index in [1.165, 1.54) is 18.5 Å². The first-order chi connectivity index (χ1) is 10.1. The lowest BCUT2D eigenvalue weighted by atomic mass is 10.2. The summed E-state index contributed by atoms with van der Waals surface area (Å²) in [6, 6.07) is 4.85. The summed E-state index contributed by atoms with van der Waals surface area (Å²) < 4.78 is 5.96. The Balaban J connectivity index is 2.01. The first-order valence-corrected chi connectivity index (χ1v) is 7.17. The molecule has 1 aromatic heterocycles. The number of ether oxygens (including phenoxy) is 1. The van der Waals surface area contributed by atoms with Gasteiger partial charge in [-0.1, -0.05) is 0 Å². The van der Waals surface area contributed by atoms with Crippen LogP contribution in [-0.4, -0.2) is 34.0 Å². The van der Waals surface area contributed by atoms with E-state index in [-0.39, 0.29) is 5.75 Å². The maximum atomic E-state index is 11.8. The third-order valence-corrected chi connectivity index (χ3v) is 3.32. The lowest BCUT2D eigenvalue weighted by Crippen LogP contribution is -2.19. The van der Waals surface area contributed by atoms with Crippen molar-refractivity contribution in [2.24, 2.45) is 5.10 Å². The summed E-state index contributed by atoms with van der Waals surface area (Å²) in [4.78, 5) is 11.8. The molecule has 0 atom stereocenters. The van der Waals surface area contributed by atoms with Crippen molar-refractivity contribution < 1.29 is 14.6 Å². The van der Waals surface area contributed by atoms with Crippen LogP contribution in [0.4, 0.5) is 0 Å². The minimum atomic E-state index is -0.404. The maximum absolute atomic E-state index is 11.8. The first-order valence-electron chi connectivity index (χ1n) is 6.10. The number of nitrogens with one attached hydrogen (secondary N) is 2. The zero-order chi connectivity index (χ0) is 15.2. The van der Waals surface area contributed by atoms with Crippen LogP contribution < -0.4 is 10.2 Å². The van der Waals surface area contributed by atoms with Crippen LogP contribution in [0.2, 0.25) is 0 Å². The summed E-state index contributed by atoms with van der Waals surface area (Å²) in [5.74, 6) is 0.192. The zero-order valence-corrected chi connectivity index (χ0v) is 13.3. The number of phenolic OH excluding ortho intramolecular Hbond substituents is 1. The molecule has 0 saturated heterocycles. The number of carbonyl (C=O) groups excluding carboxylic acids is 1. The highest BCUT2D eigenvalue weighted by atomic mass is 127. The van der Waals surface area contributed by atoms with Gasteiger partial charge in [-0.05, 0) is 41.6 Å². The van der Waals surface area contributed by atoms with Crippen molar-refractivity contribution in [1.29, 1.82) is 0 Å². The van der Waals surface area contributed by atoms with Crippen LogP contribution in [0.15, 0.2) is 29.5 Å². The van der Waals surface area contributed by atoms with E-state index in [0.717, 1.165) is 0 Å². The Hall–Kier alpha value is -2.10. The van der Waals surface area contributed by atoms with Crippen LogP contribution >= 0.6 is 22.6 Å². The Morgan fingerprint density at radius 2 is 2.43 bits per heavy atom. The van der Waals surface area contributed by atoms with Crippen LogP contribution in [-0.2, 0) is 0 Å². The van der Waals surface area contributed by atoms with Gasteiger partial charge in [0.25, 0.3) is 5.91 Å². The molecule has 2 aromatic rings. The van der Waals surface area contributed by atoms with Gasteiger partial charge in [-0.25, -0.2) is 5.43 Å². The molecule has 0 radical (unpaired) electrons. The van der Waals surface area contributed by atoms with Gasteiger partial charge in [0.1, 0.15) is 17.2 Å². The number of hydrazone groups is 1. The van der Waals surface area contributed by atoms with Crippen molar-refractivity contribution in [2.75, 3.05) is 6.61 Å². The summed E-state index contributed by atoms with van der Waals surface area (Å²) in [5.41, 5.74) is 3.16. The number of rotatable bonds is 5. The topological polar surface area (TPSA) is 99.6 Å². The smallest absolute Gasteiger partial charge is 0.290 e. The Kier molecular flexibility index (Phi) is 5.14. The van der Waals surface area contributed by atoms with Gasteiger partial charge < -0.3 is 9.84 Å². The molecule has 0 fully saturated rings. The van der Waals surface area contributed by atoms with Gasteiger partial charge in [-0.3, -0.25) is 9.89 Å². The Bertz CT molecular complexity index is 669. The largest absolute Gasteiger partial charge is 0.507 e. The number of aromatic nitrogens is 2. The van der Waals surface area contributed by atoms with Crippen molar-refractivity contribution in [1.82, 2.24) is 15.6 Å². The quantitative estimate of drug-likeness (QED) is 0.406. The second-order valence-corrected chi connectivity index (χ2v) is 5.11. The van der Waals surface area contributed by atoms with Gasteiger partial charge >= 0.3 is 0 Å². The van der Waals surface area contributed by atoms with E-state index in [1.807, 2.05) is 29.5 Å². The van der Waals surface area contributed by atoms with E-state index in [9.17, 15) is 9.90 Å². The van der Waals surface area contributed by atoms with Crippen molar-refractivity contribution in [3.8, 4) is 11.5 Å². The molecule has 1 amide bonds. The fourth-order valence-corrected chi connectivity index (χ4v) is 2.04. The molecule has 0 spiro atoms. The van der Waals surface area contributed by atoms with E-state index in [0.29, 0.717) is 27.2 Å². The molecule has 8 heteroatoms. The number of phenols is 1. The number of hydrogen-bond donors (Lipinski definition) is 3. The second kappa shape index (κ2) is 7.07. The van der Waals surface area contributed by atoms with Crippen molar-refractivity contribution in [3.05, 3.63) is 39.2 Å². The van der Waals surface area contributed by atoms with Crippen molar-refractivity contribution in [3.63, 3.8) is 0 Å². The molecule has 7 nitrogen and oxygen atoms in total. The van der Waals surface area contributed by atoms with E-state index in [4.69, 9.17) is 4.74 Å². The summed E-state index contributed by atoms with van der Waals surface area (Å²) >= 11 is 1.99. The van der Waals surface area contributed by atoms with Crippen LogP contribution in [0.1, 0.15) is 23.0 Å². The Morgan fingerprint density at radius 1 is 1.62 bits per heavy atom. The van der Waals surface area contributed by atoms with E-state index < -0.39 is 5.91 Å². The molecule has 2 rings (SSSR count). The first kappa shape index (κ1) is 15.3. The standard InChI is InChI=1S/C13H13IN4O3/c1-2-21-9-4-3-8(11(19)5-9)6-15-18-13(20)12-10(14)7-16-17-12/h3-7,19H,2H2,1H3,(H,16,17)(H,18,20)/b15-6+. The van der Waals surface area contributed by atoms with Gasteiger partial charge in [-0.2, -0.15) is 10.2 Å². The average molecular weight is 400 g/mol. The number of halogens is 1. The molecule has 1 aromatic carbocycles. The van der Waals surface area contributed by atoms with Gasteiger partial charge in [0.15, 0.2) is 0 Å². The number of nitrogens with zero attached hydrogens (tertiary/aromatic N) is 2. The van der Waals surface area contributed by atoms with Crippen molar-refractivity contribution in [2.45, 2.75) is 6.92 Å². The predicted octanol–water partition coefficient (Wildman–Crippen LogP) is 1.88. The van der Waals surface area contributed by atoms with Crippen LogP contribution in [0.25, 0.3) is 0 Å². The van der Waals surface area contributed by atoms with Gasteiger partial charge in [-0.15, -0.1) is 0 Å². The molecule has 0 aliphatic carbocycles. The molecular weight excluding hydrogens is 387 g/mol. The number of H-pyrrole nitrogens is 1. The number of hydrogen-bond acceptors (Lipinski definition) is 5. The highest BCUT2D eigenvalue weighted by Crippen LogP contribution is 2.22. The Labute approximate surface area is 134 Å². The number of amides is 1. The molecule has 0 bridgehead atoms. The summed E-state index contributed by atoms with van der Waals surface area (Å²) in [5, 5.41) is 19.9. The molecule has 3 N–H and O–H groups in total. The van der Waals surface area contributed by atoms with Gasteiger partial charge in [0, 0.05) is 11.6 Å². The normalized spacial score (nSPS) is 10.8. The molecule has 0 aliphatic heterocycles. The second-order valence-electron chi connectivity index (χ2n) is 3.95. The molecule has 1 heterocycles. The lowest BCUT2D eigenvalue weighted by molar-refractivity contribution is 0.0949. The van der Waals surface area contributed by atoms with Crippen LogP contribution in [0, 0.1) is 3.57 Å². The summed E-state index contributed by atoms with van der Waals surface area (Å²) in [6.07, 6.45) is 2.89. The highest BCUT2D eigenvalue weighted by molar-refractivity contribution is 14.1. The molecule has 0 aliphatic rings. The molecule has 21 heavy (non-hydrogen) atoms. The molecule has 0 saturated carbocycles. The predicted molar refractivity (Wildman–Crippen MR) is 85.6 cm³/mol. The third kappa shape index (κ3) is 3.94. The lowest BCUT2D eigenvalue weighted by Gasteiger charge is -2.04. The van der Waals surface area contributed by atoms with Crippen LogP contribution in [0.5, 0.6) is 11.5 Å². The van der Waals surface area contributed by atoms with Crippen LogP contribution in [0.3, 0.4) is 0 Å². The minimum absolute atomic E-state index is 0.0232. The van der Waals surface area contributed by atoms with Gasteiger partial charge in [0.2, 0.25) is 0 Å². The van der Waals surface area contributed by atoms with Crippen molar-refractivity contribution >= 4 is 34.7 Å². The Morgan fingerprint density at radius 3 is 3.05 bits per heavy atom. The highest BCUT2D eigenvalue weighted by Gasteiger charge is 2.10. The molecule has 110 valence electrons. The molecule has 0 unspecified atom stereocenters. The number of aromatic hydroxyl groups is 1. The zero-order valence-electron chi connectivity index (χ0n) is 11.1. The summed E-state index contributed by atoms with van der Waals surface area (Å²) in [7, 11) is 0.